The van der Waals surface area contributed by atoms with Gasteiger partial charge < -0.3 is 9.73 Å². The summed E-state index contributed by atoms with van der Waals surface area (Å²) >= 11 is 0. The normalized spacial score (nSPS) is 12.4. The quantitative estimate of drug-likeness (QED) is 0.903. The highest BCUT2D eigenvalue weighted by molar-refractivity contribution is 5.39. The maximum Gasteiger partial charge on any atom is 0.186 e. The zero-order valence-electron chi connectivity index (χ0n) is 10.7. The van der Waals surface area contributed by atoms with Crippen LogP contribution in [-0.4, -0.2) is 9.97 Å². The monoisotopic (exact) mass is 249 g/mol. The maximum absolute atomic E-state index is 13.9. The van der Waals surface area contributed by atoms with Crippen LogP contribution < -0.4 is 5.32 Å². The topological polar surface area (TPSA) is 51.0 Å². The number of furan rings is 1. The number of nitrogens with zero attached hydrogens (tertiary/aromatic N) is 2. The summed E-state index contributed by atoms with van der Waals surface area (Å²) < 4.78 is 19.4. The summed E-state index contributed by atoms with van der Waals surface area (Å²) in [6.45, 7) is 5.62. The van der Waals surface area contributed by atoms with Crippen LogP contribution in [0.5, 0.6) is 0 Å². The largest absolute Gasteiger partial charge is 0.464 e. The summed E-state index contributed by atoms with van der Waals surface area (Å²) in [7, 11) is 0. The molecule has 1 N–H and O–H groups in total. The van der Waals surface area contributed by atoms with Gasteiger partial charge in [-0.1, -0.05) is 6.92 Å². The first-order valence-corrected chi connectivity index (χ1v) is 5.94. The van der Waals surface area contributed by atoms with Crippen LogP contribution in [0.3, 0.4) is 0 Å². The van der Waals surface area contributed by atoms with Crippen molar-refractivity contribution in [3.8, 4) is 0 Å². The molecule has 0 aliphatic carbocycles. The van der Waals surface area contributed by atoms with Gasteiger partial charge in [-0.05, 0) is 32.4 Å². The molecule has 0 bridgehead atoms. The molecular weight excluding hydrogens is 233 g/mol. The lowest BCUT2D eigenvalue weighted by atomic mass is 10.2. The van der Waals surface area contributed by atoms with E-state index in [1.807, 2.05) is 32.9 Å². The second kappa shape index (κ2) is 5.16. The van der Waals surface area contributed by atoms with Crippen LogP contribution in [-0.2, 0) is 6.42 Å². The van der Waals surface area contributed by atoms with E-state index in [0.717, 1.165) is 11.5 Å². The number of aryl methyl sites for hydroxylation is 2. The van der Waals surface area contributed by atoms with Crippen molar-refractivity contribution in [3.63, 3.8) is 0 Å². The fourth-order valence-corrected chi connectivity index (χ4v) is 1.72. The Morgan fingerprint density at radius 1 is 1.39 bits per heavy atom. The molecule has 0 fully saturated rings. The van der Waals surface area contributed by atoms with Gasteiger partial charge in [-0.25, -0.2) is 14.4 Å². The predicted molar refractivity (Wildman–Crippen MR) is 66.9 cm³/mol. The van der Waals surface area contributed by atoms with E-state index >= 15 is 0 Å². The first kappa shape index (κ1) is 12.5. The molecular formula is C13H16FN3O. The molecule has 0 aliphatic rings. The average molecular weight is 249 g/mol. The average Bonchev–Trinajstić information content (AvgIpc) is 2.78. The lowest BCUT2D eigenvalue weighted by Crippen LogP contribution is -2.10. The van der Waals surface area contributed by atoms with Gasteiger partial charge >= 0.3 is 0 Å². The van der Waals surface area contributed by atoms with Crippen LogP contribution in [0.1, 0.15) is 37.1 Å². The Kier molecular flexibility index (Phi) is 3.60. The number of halogens is 1. The Morgan fingerprint density at radius 2 is 2.17 bits per heavy atom. The summed E-state index contributed by atoms with van der Waals surface area (Å²) in [5, 5.41) is 2.99. The van der Waals surface area contributed by atoms with Crippen molar-refractivity contribution >= 4 is 5.82 Å². The van der Waals surface area contributed by atoms with Gasteiger partial charge in [-0.3, -0.25) is 0 Å². The van der Waals surface area contributed by atoms with E-state index in [1.165, 1.54) is 6.33 Å². The van der Waals surface area contributed by atoms with Gasteiger partial charge in [0.1, 0.15) is 17.8 Å². The third kappa shape index (κ3) is 2.50. The number of hydrogen-bond acceptors (Lipinski definition) is 4. The molecule has 96 valence electrons. The Labute approximate surface area is 105 Å². The molecule has 0 saturated carbocycles. The second-order valence-electron chi connectivity index (χ2n) is 4.15. The number of aromatic nitrogens is 2. The smallest absolute Gasteiger partial charge is 0.186 e. The summed E-state index contributed by atoms with van der Waals surface area (Å²) in [4.78, 5) is 7.81. The molecule has 2 rings (SSSR count). The van der Waals surface area contributed by atoms with Gasteiger partial charge in [0.2, 0.25) is 0 Å². The van der Waals surface area contributed by atoms with Gasteiger partial charge in [0.05, 0.1) is 11.7 Å². The van der Waals surface area contributed by atoms with E-state index in [4.69, 9.17) is 4.42 Å². The molecule has 2 heterocycles. The van der Waals surface area contributed by atoms with Crippen LogP contribution in [0, 0.1) is 12.7 Å². The van der Waals surface area contributed by atoms with E-state index in [0.29, 0.717) is 12.1 Å². The minimum atomic E-state index is -0.393. The second-order valence-corrected chi connectivity index (χ2v) is 4.15. The van der Waals surface area contributed by atoms with Crippen molar-refractivity contribution in [1.82, 2.24) is 9.97 Å². The molecule has 0 aliphatic heterocycles. The number of hydrogen-bond donors (Lipinski definition) is 1. The van der Waals surface area contributed by atoms with Gasteiger partial charge in [0.25, 0.3) is 0 Å². The van der Waals surface area contributed by atoms with Crippen molar-refractivity contribution in [2.45, 2.75) is 33.2 Å². The standard InChI is InChI=1S/C13H16FN3O/c1-4-10-12(14)13(16-7-15-10)17-9(3)11-6-5-8(2)18-11/h5-7,9H,4H2,1-3H3,(H,15,16,17). The van der Waals surface area contributed by atoms with Crippen LogP contribution in [0.15, 0.2) is 22.9 Å². The summed E-state index contributed by atoms with van der Waals surface area (Å²) in [6.07, 6.45) is 1.90. The lowest BCUT2D eigenvalue weighted by Gasteiger charge is -2.13. The molecule has 0 spiro atoms. The highest BCUT2D eigenvalue weighted by Gasteiger charge is 2.14. The fraction of sp³-hybridized carbons (Fsp3) is 0.385. The highest BCUT2D eigenvalue weighted by Crippen LogP contribution is 2.22. The van der Waals surface area contributed by atoms with E-state index in [-0.39, 0.29) is 11.9 Å². The van der Waals surface area contributed by atoms with Crippen molar-refractivity contribution in [3.05, 3.63) is 41.5 Å². The van der Waals surface area contributed by atoms with Crippen LogP contribution >= 0.6 is 0 Å². The van der Waals surface area contributed by atoms with Gasteiger partial charge in [0.15, 0.2) is 11.6 Å². The minimum Gasteiger partial charge on any atom is -0.464 e. The van der Waals surface area contributed by atoms with E-state index in [2.05, 4.69) is 15.3 Å². The molecule has 0 saturated heterocycles. The number of rotatable bonds is 4. The SMILES string of the molecule is CCc1ncnc(NC(C)c2ccc(C)o2)c1F. The molecule has 0 aromatic carbocycles. The fourth-order valence-electron chi connectivity index (χ4n) is 1.72. The molecule has 0 amide bonds. The molecule has 4 nitrogen and oxygen atoms in total. The van der Waals surface area contributed by atoms with Gasteiger partial charge in [0, 0.05) is 0 Å². The molecule has 1 atom stereocenters. The Balaban J connectivity index is 2.19. The molecule has 18 heavy (non-hydrogen) atoms. The van der Waals surface area contributed by atoms with Crippen molar-refractivity contribution in [1.29, 1.82) is 0 Å². The highest BCUT2D eigenvalue weighted by atomic mass is 19.1. The third-order valence-corrected chi connectivity index (χ3v) is 2.74. The van der Waals surface area contributed by atoms with Crippen molar-refractivity contribution in [2.75, 3.05) is 5.32 Å². The minimum absolute atomic E-state index is 0.146. The number of anilines is 1. The van der Waals surface area contributed by atoms with Crippen LogP contribution in [0.25, 0.3) is 0 Å². The van der Waals surface area contributed by atoms with Crippen LogP contribution in [0.4, 0.5) is 10.2 Å². The molecule has 5 heteroatoms. The van der Waals surface area contributed by atoms with Crippen molar-refractivity contribution < 1.29 is 8.81 Å². The zero-order chi connectivity index (χ0) is 13.1. The Hall–Kier alpha value is -1.91. The molecule has 2 aromatic rings. The molecule has 1 unspecified atom stereocenters. The van der Waals surface area contributed by atoms with E-state index in [1.54, 1.807) is 0 Å². The summed E-state index contributed by atoms with van der Waals surface area (Å²) in [5.41, 5.74) is 0.412. The van der Waals surface area contributed by atoms with E-state index in [9.17, 15) is 4.39 Å². The van der Waals surface area contributed by atoms with Gasteiger partial charge in [-0.2, -0.15) is 0 Å². The van der Waals surface area contributed by atoms with Crippen LogP contribution in [0.2, 0.25) is 0 Å². The molecule has 2 aromatic heterocycles. The maximum atomic E-state index is 13.9. The predicted octanol–water partition coefficient (Wildman–Crippen LogP) is 3.25. The van der Waals surface area contributed by atoms with E-state index < -0.39 is 5.82 Å². The van der Waals surface area contributed by atoms with Gasteiger partial charge in [-0.15, -0.1) is 0 Å². The lowest BCUT2D eigenvalue weighted by molar-refractivity contribution is 0.465. The van der Waals surface area contributed by atoms with Crippen molar-refractivity contribution in [2.24, 2.45) is 0 Å². The Morgan fingerprint density at radius 3 is 2.78 bits per heavy atom. The summed E-state index contributed by atoms with van der Waals surface area (Å²) in [5.74, 6) is 1.40. The number of nitrogens with one attached hydrogen (secondary N) is 1. The third-order valence-electron chi connectivity index (χ3n) is 2.74. The first-order chi connectivity index (χ1) is 8.61. The zero-order valence-corrected chi connectivity index (χ0v) is 10.7. The Bertz CT molecular complexity index is 539. The summed E-state index contributed by atoms with van der Waals surface area (Å²) in [6, 6.07) is 3.60. The molecule has 0 radical (unpaired) electrons. The first-order valence-electron chi connectivity index (χ1n) is 5.94.